The van der Waals surface area contributed by atoms with Gasteiger partial charge >= 0.3 is 0 Å². The molecule has 0 aromatic heterocycles. The number of hydrogen-bond acceptors (Lipinski definition) is 4. The molecule has 0 bridgehead atoms. The van der Waals surface area contributed by atoms with Crippen LogP contribution in [-0.4, -0.2) is 33.9 Å². The molecule has 3 N–H and O–H groups in total. The van der Waals surface area contributed by atoms with Crippen molar-refractivity contribution in [1.29, 1.82) is 0 Å². The lowest BCUT2D eigenvalue weighted by Crippen LogP contribution is -2.55. The van der Waals surface area contributed by atoms with Crippen LogP contribution in [0.15, 0.2) is 24.3 Å². The Morgan fingerprint density at radius 3 is 2.65 bits per heavy atom. The van der Waals surface area contributed by atoms with E-state index in [-0.39, 0.29) is 11.5 Å². The molecule has 1 heterocycles. The van der Waals surface area contributed by atoms with Crippen LogP contribution in [-0.2, 0) is 4.74 Å². The second-order valence-corrected chi connectivity index (χ2v) is 4.52. The zero-order chi connectivity index (χ0) is 12.3. The van der Waals surface area contributed by atoms with E-state index in [0.29, 0.717) is 19.8 Å². The quantitative estimate of drug-likeness (QED) is 0.798. The molecule has 1 aliphatic heterocycles. The highest BCUT2D eigenvalue weighted by atomic mass is 16.5. The van der Waals surface area contributed by atoms with Gasteiger partial charge < -0.3 is 20.5 Å². The molecule has 1 unspecified atom stereocenters. The Balaban J connectivity index is 2.34. The van der Waals surface area contributed by atoms with Gasteiger partial charge in [-0.2, -0.15) is 0 Å². The van der Waals surface area contributed by atoms with Crippen molar-refractivity contribution in [2.24, 2.45) is 11.1 Å². The van der Waals surface area contributed by atoms with E-state index in [0.717, 1.165) is 11.3 Å². The van der Waals surface area contributed by atoms with Gasteiger partial charge in [-0.1, -0.05) is 18.2 Å². The van der Waals surface area contributed by atoms with Crippen molar-refractivity contribution in [3.63, 3.8) is 0 Å². The first-order valence-corrected chi connectivity index (χ1v) is 5.85. The van der Waals surface area contributed by atoms with Crippen LogP contribution in [0.2, 0.25) is 0 Å². The summed E-state index contributed by atoms with van der Waals surface area (Å²) >= 11 is 0. The predicted molar refractivity (Wildman–Crippen MR) is 67.1 cm³/mol. The molecular weight excluding hydrogens is 216 g/mol. The van der Waals surface area contributed by atoms with E-state index >= 15 is 0 Å². The first kappa shape index (κ1) is 12.4. The van der Waals surface area contributed by atoms with Crippen molar-refractivity contribution in [1.82, 2.24) is 5.32 Å². The van der Waals surface area contributed by atoms with E-state index in [4.69, 9.17) is 15.2 Å². The topological polar surface area (TPSA) is 56.5 Å². The van der Waals surface area contributed by atoms with Crippen LogP contribution in [0, 0.1) is 5.41 Å². The SMILES string of the molecule is CNC(c1ccccc1OC)C1(CN)COC1. The molecule has 1 atom stereocenters. The standard InChI is InChI=1S/C13H20N2O2/c1-15-12(13(7-14)8-17-9-13)10-5-3-4-6-11(10)16-2/h3-6,12,15H,7-9,14H2,1-2H3. The predicted octanol–water partition coefficient (Wildman–Crippen LogP) is 0.931. The molecule has 1 fully saturated rings. The maximum atomic E-state index is 5.91. The van der Waals surface area contributed by atoms with Crippen LogP contribution >= 0.6 is 0 Å². The van der Waals surface area contributed by atoms with E-state index in [1.807, 2.05) is 25.2 Å². The second-order valence-electron chi connectivity index (χ2n) is 4.52. The Hall–Kier alpha value is -1.10. The molecule has 4 nitrogen and oxygen atoms in total. The summed E-state index contributed by atoms with van der Waals surface area (Å²) in [5.74, 6) is 0.895. The third kappa shape index (κ3) is 2.04. The molecule has 1 saturated heterocycles. The smallest absolute Gasteiger partial charge is 0.123 e. The summed E-state index contributed by atoms with van der Waals surface area (Å²) in [5.41, 5.74) is 7.05. The number of rotatable bonds is 5. The molecule has 0 radical (unpaired) electrons. The number of hydrogen-bond donors (Lipinski definition) is 2. The van der Waals surface area contributed by atoms with Crippen LogP contribution in [0.1, 0.15) is 11.6 Å². The third-order valence-corrected chi connectivity index (χ3v) is 3.54. The Labute approximate surface area is 102 Å². The normalized spacial score (nSPS) is 19.5. The lowest BCUT2D eigenvalue weighted by molar-refractivity contribution is -0.127. The van der Waals surface area contributed by atoms with Crippen molar-refractivity contribution in [2.75, 3.05) is 33.9 Å². The van der Waals surface area contributed by atoms with Gasteiger partial charge in [-0.05, 0) is 13.1 Å². The Morgan fingerprint density at radius 2 is 2.18 bits per heavy atom. The number of nitrogens with one attached hydrogen (secondary N) is 1. The van der Waals surface area contributed by atoms with Gasteiger partial charge in [-0.15, -0.1) is 0 Å². The summed E-state index contributed by atoms with van der Waals surface area (Å²) in [6.45, 7) is 2.01. The van der Waals surface area contributed by atoms with E-state index < -0.39 is 0 Å². The molecule has 17 heavy (non-hydrogen) atoms. The van der Waals surface area contributed by atoms with Crippen LogP contribution in [0.25, 0.3) is 0 Å². The van der Waals surface area contributed by atoms with Crippen LogP contribution in [0.3, 0.4) is 0 Å². The summed E-state index contributed by atoms with van der Waals surface area (Å²) in [5, 5.41) is 3.35. The summed E-state index contributed by atoms with van der Waals surface area (Å²) < 4.78 is 10.8. The van der Waals surface area contributed by atoms with Crippen molar-refractivity contribution in [2.45, 2.75) is 6.04 Å². The molecule has 0 saturated carbocycles. The van der Waals surface area contributed by atoms with E-state index in [1.165, 1.54) is 0 Å². The first-order chi connectivity index (χ1) is 8.27. The fraction of sp³-hybridized carbons (Fsp3) is 0.538. The minimum atomic E-state index is -0.0105. The average Bonchev–Trinajstić information content (AvgIpc) is 2.33. The van der Waals surface area contributed by atoms with Gasteiger partial charge in [0.25, 0.3) is 0 Å². The van der Waals surface area contributed by atoms with Gasteiger partial charge in [0.1, 0.15) is 5.75 Å². The van der Waals surface area contributed by atoms with Crippen molar-refractivity contribution < 1.29 is 9.47 Å². The van der Waals surface area contributed by atoms with Gasteiger partial charge in [0.05, 0.1) is 20.3 Å². The monoisotopic (exact) mass is 236 g/mol. The summed E-state index contributed by atoms with van der Waals surface area (Å²) in [6.07, 6.45) is 0. The third-order valence-electron chi connectivity index (χ3n) is 3.54. The lowest BCUT2D eigenvalue weighted by atomic mass is 9.75. The number of benzene rings is 1. The van der Waals surface area contributed by atoms with Gasteiger partial charge in [0.15, 0.2) is 0 Å². The van der Waals surface area contributed by atoms with Gasteiger partial charge in [-0.3, -0.25) is 0 Å². The fourth-order valence-electron chi connectivity index (χ4n) is 2.46. The molecule has 1 aromatic rings. The Kier molecular flexibility index (Phi) is 3.66. The minimum absolute atomic E-state index is 0.0105. The zero-order valence-electron chi connectivity index (χ0n) is 10.4. The molecule has 0 spiro atoms. The summed E-state index contributed by atoms with van der Waals surface area (Å²) in [7, 11) is 3.64. The summed E-state index contributed by atoms with van der Waals surface area (Å²) in [4.78, 5) is 0. The molecule has 94 valence electrons. The van der Waals surface area contributed by atoms with Gasteiger partial charge in [0, 0.05) is 23.6 Å². The lowest BCUT2D eigenvalue weighted by Gasteiger charge is -2.46. The van der Waals surface area contributed by atoms with Crippen molar-refractivity contribution in [3.05, 3.63) is 29.8 Å². The number of methoxy groups -OCH3 is 1. The Morgan fingerprint density at radius 1 is 1.47 bits per heavy atom. The number of para-hydroxylation sites is 1. The highest BCUT2D eigenvalue weighted by molar-refractivity contribution is 5.37. The molecule has 4 heteroatoms. The van der Waals surface area contributed by atoms with Crippen LogP contribution in [0.4, 0.5) is 0 Å². The van der Waals surface area contributed by atoms with Crippen LogP contribution < -0.4 is 15.8 Å². The van der Waals surface area contributed by atoms with Crippen molar-refractivity contribution >= 4 is 0 Å². The molecule has 1 aromatic carbocycles. The number of ether oxygens (including phenoxy) is 2. The largest absolute Gasteiger partial charge is 0.496 e. The van der Waals surface area contributed by atoms with E-state index in [2.05, 4.69) is 11.4 Å². The first-order valence-electron chi connectivity index (χ1n) is 5.85. The average molecular weight is 236 g/mol. The zero-order valence-corrected chi connectivity index (χ0v) is 10.4. The molecule has 0 amide bonds. The summed E-state index contributed by atoms with van der Waals surface area (Å²) in [6, 6.07) is 8.21. The van der Waals surface area contributed by atoms with Crippen LogP contribution in [0.5, 0.6) is 5.75 Å². The molecule has 2 rings (SSSR count). The highest BCUT2D eigenvalue weighted by Crippen LogP contribution is 2.42. The van der Waals surface area contributed by atoms with Gasteiger partial charge in [-0.25, -0.2) is 0 Å². The maximum absolute atomic E-state index is 5.91. The minimum Gasteiger partial charge on any atom is -0.496 e. The molecule has 0 aliphatic carbocycles. The van der Waals surface area contributed by atoms with Crippen molar-refractivity contribution in [3.8, 4) is 5.75 Å². The van der Waals surface area contributed by atoms with E-state index in [1.54, 1.807) is 7.11 Å². The Bertz CT molecular complexity index is 372. The highest BCUT2D eigenvalue weighted by Gasteiger charge is 2.45. The van der Waals surface area contributed by atoms with Gasteiger partial charge in [0.2, 0.25) is 0 Å². The van der Waals surface area contributed by atoms with E-state index in [9.17, 15) is 0 Å². The number of nitrogens with two attached hydrogens (primary N) is 1. The molecular formula is C13H20N2O2. The second kappa shape index (κ2) is 5.04. The fourth-order valence-corrected chi connectivity index (χ4v) is 2.46. The molecule has 1 aliphatic rings. The maximum Gasteiger partial charge on any atom is 0.123 e.